The Kier molecular flexibility index (Phi) is 4.42. The van der Waals surface area contributed by atoms with Gasteiger partial charge in [0.1, 0.15) is 0 Å². The van der Waals surface area contributed by atoms with E-state index in [2.05, 4.69) is 25.0 Å². The highest BCUT2D eigenvalue weighted by Crippen LogP contribution is 2.11. The second kappa shape index (κ2) is 5.13. The van der Waals surface area contributed by atoms with Crippen molar-refractivity contribution in [2.45, 2.75) is 51.4 Å². The van der Waals surface area contributed by atoms with Crippen LogP contribution in [0, 0.1) is 0 Å². The van der Waals surface area contributed by atoms with Crippen LogP contribution < -0.4 is 5.32 Å². The van der Waals surface area contributed by atoms with Crippen LogP contribution in [0.1, 0.15) is 25.7 Å². The van der Waals surface area contributed by atoms with E-state index in [0.717, 1.165) is 12.6 Å². The molecule has 1 aliphatic heterocycles. The average Bonchev–Trinajstić information content (AvgIpc) is 2.04. The smallest absolute Gasteiger partial charge is 0.183 e. The predicted molar refractivity (Wildman–Crippen MR) is 59.6 cm³/mol. The van der Waals surface area contributed by atoms with Gasteiger partial charge in [0.2, 0.25) is 0 Å². The molecule has 0 aromatic carbocycles. The number of hydrogen-bond acceptors (Lipinski definition) is 2. The van der Waals surface area contributed by atoms with Crippen LogP contribution in [-0.2, 0) is 4.43 Å². The first-order chi connectivity index (χ1) is 6.08. The normalized spacial score (nSPS) is 24.7. The Morgan fingerprint density at radius 3 is 2.62 bits per heavy atom. The number of nitrogens with one attached hydrogen (secondary N) is 1. The lowest BCUT2D eigenvalue weighted by Gasteiger charge is -2.25. The Hall–Kier alpha value is 0.137. The first-order valence-corrected chi connectivity index (χ1v) is 8.86. The molecule has 1 aliphatic rings. The van der Waals surface area contributed by atoms with Gasteiger partial charge in [0.15, 0.2) is 8.32 Å². The molecule has 0 aromatic heterocycles. The highest BCUT2D eigenvalue weighted by Gasteiger charge is 2.16. The van der Waals surface area contributed by atoms with E-state index in [9.17, 15) is 0 Å². The molecule has 1 rings (SSSR count). The Morgan fingerprint density at radius 1 is 1.31 bits per heavy atom. The molecule has 0 amide bonds. The van der Waals surface area contributed by atoms with Gasteiger partial charge in [0.05, 0.1) is 0 Å². The fourth-order valence-electron chi connectivity index (χ4n) is 1.68. The zero-order valence-corrected chi connectivity index (χ0v) is 10.2. The van der Waals surface area contributed by atoms with Crippen molar-refractivity contribution in [3.63, 3.8) is 0 Å². The Bertz CT molecular complexity index is 138. The summed E-state index contributed by atoms with van der Waals surface area (Å²) < 4.78 is 5.83. The SMILES string of the molecule is C[Si](C)(C)OCCC1CCCCN1. The molecule has 3 heteroatoms. The van der Waals surface area contributed by atoms with Crippen molar-refractivity contribution in [1.82, 2.24) is 5.32 Å². The zero-order chi connectivity index (χ0) is 9.73. The molecular formula is C10H23NOSi. The predicted octanol–water partition coefficient (Wildman–Crippen LogP) is 2.37. The van der Waals surface area contributed by atoms with Crippen molar-refractivity contribution in [1.29, 1.82) is 0 Å². The van der Waals surface area contributed by atoms with E-state index in [0.29, 0.717) is 0 Å². The van der Waals surface area contributed by atoms with Crippen LogP contribution in [0.25, 0.3) is 0 Å². The van der Waals surface area contributed by atoms with Crippen LogP contribution in [-0.4, -0.2) is 27.5 Å². The van der Waals surface area contributed by atoms with Gasteiger partial charge < -0.3 is 9.74 Å². The number of piperidine rings is 1. The van der Waals surface area contributed by atoms with E-state index < -0.39 is 8.32 Å². The molecule has 78 valence electrons. The molecule has 0 aromatic rings. The van der Waals surface area contributed by atoms with Gasteiger partial charge in [0.25, 0.3) is 0 Å². The molecule has 0 radical (unpaired) electrons. The fraction of sp³-hybridized carbons (Fsp3) is 1.00. The topological polar surface area (TPSA) is 21.3 Å². The zero-order valence-electron chi connectivity index (χ0n) is 9.23. The van der Waals surface area contributed by atoms with Crippen molar-refractivity contribution in [2.24, 2.45) is 0 Å². The summed E-state index contributed by atoms with van der Waals surface area (Å²) in [7, 11) is -1.27. The number of rotatable bonds is 4. The molecule has 1 atom stereocenters. The van der Waals surface area contributed by atoms with E-state index in [1.807, 2.05) is 0 Å². The van der Waals surface area contributed by atoms with Crippen LogP contribution in [0.15, 0.2) is 0 Å². The van der Waals surface area contributed by atoms with Gasteiger partial charge in [-0.25, -0.2) is 0 Å². The minimum Gasteiger partial charge on any atom is -0.418 e. The van der Waals surface area contributed by atoms with Gasteiger partial charge in [-0.05, 0) is 45.4 Å². The Balaban J connectivity index is 2.04. The molecule has 1 unspecified atom stereocenters. The molecule has 0 aliphatic carbocycles. The van der Waals surface area contributed by atoms with Crippen molar-refractivity contribution in [2.75, 3.05) is 13.2 Å². The van der Waals surface area contributed by atoms with E-state index >= 15 is 0 Å². The van der Waals surface area contributed by atoms with Crippen LogP contribution >= 0.6 is 0 Å². The quantitative estimate of drug-likeness (QED) is 0.705. The summed E-state index contributed by atoms with van der Waals surface area (Å²) in [5, 5.41) is 3.54. The highest BCUT2D eigenvalue weighted by atomic mass is 28.4. The lowest BCUT2D eigenvalue weighted by atomic mass is 10.0. The summed E-state index contributed by atoms with van der Waals surface area (Å²) in [5.41, 5.74) is 0. The molecule has 0 saturated carbocycles. The van der Waals surface area contributed by atoms with Gasteiger partial charge in [-0.15, -0.1) is 0 Å². The van der Waals surface area contributed by atoms with Crippen molar-refractivity contribution in [3.8, 4) is 0 Å². The molecule has 1 saturated heterocycles. The summed E-state index contributed by atoms with van der Waals surface area (Å²) in [6, 6.07) is 0.727. The van der Waals surface area contributed by atoms with Crippen LogP contribution in [0.3, 0.4) is 0 Å². The maximum Gasteiger partial charge on any atom is 0.183 e. The average molecular weight is 201 g/mol. The minimum atomic E-state index is -1.27. The summed E-state index contributed by atoms with van der Waals surface area (Å²) in [5.74, 6) is 0. The summed E-state index contributed by atoms with van der Waals surface area (Å²) >= 11 is 0. The first kappa shape index (κ1) is 11.2. The standard InChI is InChI=1S/C10H23NOSi/c1-13(2,3)12-9-7-10-6-4-5-8-11-10/h10-11H,4-9H2,1-3H3. The molecule has 2 nitrogen and oxygen atoms in total. The van der Waals surface area contributed by atoms with Gasteiger partial charge in [-0.1, -0.05) is 6.42 Å². The second-order valence-electron chi connectivity index (χ2n) is 4.90. The lowest BCUT2D eigenvalue weighted by molar-refractivity contribution is 0.263. The summed E-state index contributed by atoms with van der Waals surface area (Å²) in [6.07, 6.45) is 5.29. The molecule has 13 heavy (non-hydrogen) atoms. The highest BCUT2D eigenvalue weighted by molar-refractivity contribution is 6.69. The fourth-order valence-corrected chi connectivity index (χ4v) is 2.41. The Morgan fingerprint density at radius 2 is 2.08 bits per heavy atom. The van der Waals surface area contributed by atoms with Crippen LogP contribution in [0.4, 0.5) is 0 Å². The molecule has 1 fully saturated rings. The van der Waals surface area contributed by atoms with Gasteiger partial charge in [-0.3, -0.25) is 0 Å². The molecule has 1 heterocycles. The van der Waals surface area contributed by atoms with E-state index in [-0.39, 0.29) is 0 Å². The van der Waals surface area contributed by atoms with Crippen molar-refractivity contribution in [3.05, 3.63) is 0 Å². The molecule has 0 spiro atoms. The maximum atomic E-state index is 5.83. The molecular weight excluding hydrogens is 178 g/mol. The second-order valence-corrected chi connectivity index (χ2v) is 9.41. The summed E-state index contributed by atoms with van der Waals surface area (Å²) in [6.45, 7) is 8.91. The van der Waals surface area contributed by atoms with Gasteiger partial charge >= 0.3 is 0 Å². The third kappa shape index (κ3) is 5.44. The first-order valence-electron chi connectivity index (χ1n) is 5.45. The number of hydrogen-bond donors (Lipinski definition) is 1. The van der Waals surface area contributed by atoms with Crippen molar-refractivity contribution < 1.29 is 4.43 Å². The van der Waals surface area contributed by atoms with Gasteiger partial charge in [0, 0.05) is 12.6 Å². The van der Waals surface area contributed by atoms with E-state index in [1.54, 1.807) is 0 Å². The minimum absolute atomic E-state index is 0.727. The third-order valence-corrected chi connectivity index (χ3v) is 3.48. The van der Waals surface area contributed by atoms with Crippen LogP contribution in [0.5, 0.6) is 0 Å². The van der Waals surface area contributed by atoms with Gasteiger partial charge in [-0.2, -0.15) is 0 Å². The van der Waals surface area contributed by atoms with E-state index in [4.69, 9.17) is 4.43 Å². The summed E-state index contributed by atoms with van der Waals surface area (Å²) in [4.78, 5) is 0. The largest absolute Gasteiger partial charge is 0.418 e. The lowest BCUT2D eigenvalue weighted by Crippen LogP contribution is -2.36. The monoisotopic (exact) mass is 201 g/mol. The van der Waals surface area contributed by atoms with E-state index in [1.165, 1.54) is 32.2 Å². The molecule has 0 bridgehead atoms. The van der Waals surface area contributed by atoms with Crippen molar-refractivity contribution >= 4 is 8.32 Å². The third-order valence-electron chi connectivity index (χ3n) is 2.41. The molecule has 1 N–H and O–H groups in total. The Labute approximate surface area is 83.2 Å². The van der Waals surface area contributed by atoms with Crippen LogP contribution in [0.2, 0.25) is 19.6 Å². The maximum absolute atomic E-state index is 5.83.